The van der Waals surface area contributed by atoms with E-state index in [2.05, 4.69) is 5.32 Å². The van der Waals surface area contributed by atoms with Crippen molar-refractivity contribution in [3.8, 4) is 5.75 Å². The summed E-state index contributed by atoms with van der Waals surface area (Å²) in [4.78, 5) is 12.3. The molecule has 0 aliphatic heterocycles. The number of halogens is 1. The van der Waals surface area contributed by atoms with Gasteiger partial charge in [-0.15, -0.1) is 0 Å². The number of sulfonamides is 1. The summed E-state index contributed by atoms with van der Waals surface area (Å²) in [6, 6.07) is 13.8. The predicted octanol–water partition coefficient (Wildman–Crippen LogP) is 4.31. The van der Waals surface area contributed by atoms with Crippen LogP contribution < -0.4 is 14.4 Å². The third-order valence-corrected chi connectivity index (χ3v) is 5.21. The summed E-state index contributed by atoms with van der Waals surface area (Å²) in [5, 5.41) is 3.27. The molecule has 6 nitrogen and oxygen atoms in total. The highest BCUT2D eigenvalue weighted by molar-refractivity contribution is 7.92. The lowest BCUT2D eigenvalue weighted by Gasteiger charge is -2.22. The number of para-hydroxylation sites is 2. The van der Waals surface area contributed by atoms with Crippen molar-refractivity contribution in [3.05, 3.63) is 53.6 Å². The van der Waals surface area contributed by atoms with E-state index in [9.17, 15) is 13.2 Å². The second-order valence-corrected chi connectivity index (χ2v) is 8.97. The molecule has 0 aliphatic carbocycles. The Morgan fingerprint density at radius 1 is 1.18 bits per heavy atom. The van der Waals surface area contributed by atoms with Crippen LogP contribution in [0.1, 0.15) is 26.7 Å². The summed E-state index contributed by atoms with van der Waals surface area (Å²) < 4.78 is 31.2. The van der Waals surface area contributed by atoms with Crippen molar-refractivity contribution in [1.29, 1.82) is 0 Å². The number of ether oxygens (including phenoxy) is 1. The van der Waals surface area contributed by atoms with Crippen LogP contribution in [0.2, 0.25) is 5.02 Å². The molecule has 0 saturated heterocycles. The second kappa shape index (κ2) is 9.80. The lowest BCUT2D eigenvalue weighted by molar-refractivity contribution is -0.116. The van der Waals surface area contributed by atoms with Gasteiger partial charge in [-0.2, -0.15) is 0 Å². The molecule has 0 aromatic heterocycles. The van der Waals surface area contributed by atoms with Crippen molar-refractivity contribution >= 4 is 38.9 Å². The summed E-state index contributed by atoms with van der Waals surface area (Å²) >= 11 is 5.97. The molecular formula is C20H25ClN2O4S. The highest BCUT2D eigenvalue weighted by Crippen LogP contribution is 2.25. The molecule has 0 bridgehead atoms. The van der Waals surface area contributed by atoms with E-state index in [1.807, 2.05) is 26.0 Å². The van der Waals surface area contributed by atoms with E-state index in [4.69, 9.17) is 16.3 Å². The van der Waals surface area contributed by atoms with Crippen LogP contribution in [0.25, 0.3) is 0 Å². The van der Waals surface area contributed by atoms with Gasteiger partial charge in [0.2, 0.25) is 15.9 Å². The number of carbonyl (C=O) groups is 1. The molecule has 1 N–H and O–H groups in total. The number of amides is 1. The number of hydrogen-bond acceptors (Lipinski definition) is 4. The summed E-state index contributed by atoms with van der Waals surface area (Å²) in [6.07, 6.45) is 1.65. The predicted molar refractivity (Wildman–Crippen MR) is 114 cm³/mol. The summed E-state index contributed by atoms with van der Waals surface area (Å²) in [5.41, 5.74) is 1.07. The molecule has 28 heavy (non-hydrogen) atoms. The topological polar surface area (TPSA) is 75.7 Å². The van der Waals surface area contributed by atoms with Crippen molar-refractivity contribution in [2.75, 3.05) is 22.4 Å². The monoisotopic (exact) mass is 424 g/mol. The third kappa shape index (κ3) is 6.73. The maximum absolute atomic E-state index is 12.3. The zero-order chi connectivity index (χ0) is 20.7. The molecule has 0 atom stereocenters. The van der Waals surface area contributed by atoms with Crippen LogP contribution >= 0.6 is 11.6 Å². The fourth-order valence-corrected chi connectivity index (χ4v) is 3.78. The average molecular weight is 425 g/mol. The zero-order valence-electron chi connectivity index (χ0n) is 16.2. The maximum Gasteiger partial charge on any atom is 0.232 e. The number of anilines is 2. The third-order valence-electron chi connectivity index (χ3n) is 3.79. The highest BCUT2D eigenvalue weighted by atomic mass is 35.5. The standard InChI is InChI=1S/C20H25ClN2O4S/c1-15(2)27-19-11-5-4-10-18(19)22-20(24)12-7-13-23(28(3,25)26)17-9-6-8-16(21)14-17/h4-6,8-11,14-15H,7,12-13H2,1-3H3,(H,22,24). The molecule has 0 fully saturated rings. The van der Waals surface area contributed by atoms with Crippen LogP contribution in [0.4, 0.5) is 11.4 Å². The molecule has 2 aromatic rings. The van der Waals surface area contributed by atoms with Gasteiger partial charge in [-0.05, 0) is 50.6 Å². The smallest absolute Gasteiger partial charge is 0.232 e. The maximum atomic E-state index is 12.3. The van der Waals surface area contributed by atoms with Gasteiger partial charge in [-0.1, -0.05) is 29.8 Å². The number of nitrogens with zero attached hydrogens (tertiary/aromatic N) is 1. The van der Waals surface area contributed by atoms with Crippen LogP contribution in [0.5, 0.6) is 5.75 Å². The van der Waals surface area contributed by atoms with Gasteiger partial charge in [0.05, 0.1) is 23.7 Å². The van der Waals surface area contributed by atoms with Crippen molar-refractivity contribution < 1.29 is 17.9 Å². The minimum atomic E-state index is -3.49. The summed E-state index contributed by atoms with van der Waals surface area (Å²) in [5.74, 6) is 0.391. The normalized spacial score (nSPS) is 11.3. The van der Waals surface area contributed by atoms with Gasteiger partial charge in [0.1, 0.15) is 5.75 Å². The first-order valence-corrected chi connectivity index (χ1v) is 11.2. The Hall–Kier alpha value is -2.25. The lowest BCUT2D eigenvalue weighted by atomic mass is 10.2. The van der Waals surface area contributed by atoms with Gasteiger partial charge in [-0.25, -0.2) is 8.42 Å². The zero-order valence-corrected chi connectivity index (χ0v) is 17.8. The molecule has 0 saturated carbocycles. The lowest BCUT2D eigenvalue weighted by Crippen LogP contribution is -2.31. The highest BCUT2D eigenvalue weighted by Gasteiger charge is 2.18. The Kier molecular flexibility index (Phi) is 7.71. The number of benzene rings is 2. The van der Waals surface area contributed by atoms with Crippen LogP contribution in [-0.4, -0.2) is 33.2 Å². The summed E-state index contributed by atoms with van der Waals surface area (Å²) in [6.45, 7) is 4.00. The van der Waals surface area contributed by atoms with E-state index >= 15 is 0 Å². The largest absolute Gasteiger partial charge is 0.489 e. The molecular weight excluding hydrogens is 400 g/mol. The van der Waals surface area contributed by atoms with Gasteiger partial charge in [0.15, 0.2) is 0 Å². The fourth-order valence-electron chi connectivity index (χ4n) is 2.64. The first-order valence-electron chi connectivity index (χ1n) is 8.95. The minimum absolute atomic E-state index is 0.0148. The first-order chi connectivity index (χ1) is 13.2. The molecule has 1 amide bonds. The van der Waals surface area contributed by atoms with E-state index < -0.39 is 10.0 Å². The number of nitrogens with one attached hydrogen (secondary N) is 1. The van der Waals surface area contributed by atoms with E-state index in [1.54, 1.807) is 36.4 Å². The Labute approximate surface area is 171 Å². The molecule has 8 heteroatoms. The van der Waals surface area contributed by atoms with Gasteiger partial charge in [0, 0.05) is 18.0 Å². The Bertz CT molecular complexity index is 916. The number of rotatable bonds is 9. The summed E-state index contributed by atoms with van der Waals surface area (Å²) in [7, 11) is -3.49. The quantitative estimate of drug-likeness (QED) is 0.650. The molecule has 0 radical (unpaired) electrons. The van der Waals surface area contributed by atoms with Crippen molar-refractivity contribution in [2.24, 2.45) is 0 Å². The Morgan fingerprint density at radius 3 is 2.54 bits per heavy atom. The van der Waals surface area contributed by atoms with Crippen LogP contribution in [-0.2, 0) is 14.8 Å². The molecule has 152 valence electrons. The van der Waals surface area contributed by atoms with E-state index in [1.165, 1.54) is 4.31 Å². The molecule has 0 unspecified atom stereocenters. The minimum Gasteiger partial charge on any atom is -0.489 e. The van der Waals surface area contributed by atoms with E-state index in [0.717, 1.165) is 6.26 Å². The Balaban J connectivity index is 1.99. The first kappa shape index (κ1) is 22.0. The van der Waals surface area contributed by atoms with Gasteiger partial charge < -0.3 is 10.1 Å². The van der Waals surface area contributed by atoms with Crippen LogP contribution in [0.3, 0.4) is 0 Å². The van der Waals surface area contributed by atoms with Crippen LogP contribution in [0, 0.1) is 0 Å². The van der Waals surface area contributed by atoms with Crippen molar-refractivity contribution in [2.45, 2.75) is 32.8 Å². The fraction of sp³-hybridized carbons (Fsp3) is 0.350. The number of hydrogen-bond donors (Lipinski definition) is 1. The molecule has 0 heterocycles. The molecule has 2 aromatic carbocycles. The average Bonchev–Trinajstić information content (AvgIpc) is 2.59. The van der Waals surface area contributed by atoms with E-state index in [0.29, 0.717) is 28.6 Å². The van der Waals surface area contributed by atoms with Gasteiger partial charge in [0.25, 0.3) is 0 Å². The van der Waals surface area contributed by atoms with Gasteiger partial charge >= 0.3 is 0 Å². The number of carbonyl (C=O) groups excluding carboxylic acids is 1. The Morgan fingerprint density at radius 2 is 1.89 bits per heavy atom. The SMILES string of the molecule is CC(C)Oc1ccccc1NC(=O)CCCN(c1cccc(Cl)c1)S(C)(=O)=O. The van der Waals surface area contributed by atoms with Crippen LogP contribution in [0.15, 0.2) is 48.5 Å². The molecule has 2 rings (SSSR count). The van der Waals surface area contributed by atoms with Crippen molar-refractivity contribution in [1.82, 2.24) is 0 Å². The second-order valence-electron chi connectivity index (χ2n) is 6.63. The van der Waals surface area contributed by atoms with Crippen molar-refractivity contribution in [3.63, 3.8) is 0 Å². The van der Waals surface area contributed by atoms with Gasteiger partial charge in [-0.3, -0.25) is 9.10 Å². The van der Waals surface area contributed by atoms with E-state index in [-0.39, 0.29) is 25.0 Å². The molecule has 0 spiro atoms. The molecule has 0 aliphatic rings.